The van der Waals surface area contributed by atoms with Crippen LogP contribution in [0, 0.1) is 0 Å². The Morgan fingerprint density at radius 3 is 2.76 bits per heavy atom. The second-order valence-corrected chi connectivity index (χ2v) is 5.68. The smallest absolute Gasteiger partial charge is 0.128 e. The molecule has 1 aliphatic heterocycles. The molecular weight excluding hydrogens is 266 g/mol. The van der Waals surface area contributed by atoms with E-state index in [9.17, 15) is 5.11 Å². The highest BCUT2D eigenvalue weighted by Crippen LogP contribution is 2.31. The largest absolute Gasteiger partial charge is 0.497 e. The summed E-state index contributed by atoms with van der Waals surface area (Å²) in [5.41, 5.74) is 0.832. The van der Waals surface area contributed by atoms with Gasteiger partial charge in [-0.3, -0.25) is 4.90 Å². The summed E-state index contributed by atoms with van der Waals surface area (Å²) in [5.74, 6) is 1.43. The number of hydrogen-bond donors (Lipinski definition) is 1. The van der Waals surface area contributed by atoms with Crippen molar-refractivity contribution in [1.82, 2.24) is 4.90 Å². The molecule has 0 bridgehead atoms. The monoisotopic (exact) mass is 293 g/mol. The van der Waals surface area contributed by atoms with Gasteiger partial charge in [0.15, 0.2) is 0 Å². The first-order valence-corrected chi connectivity index (χ1v) is 7.83. The number of methoxy groups -OCH3 is 2. The number of ether oxygens (including phenoxy) is 2. The first-order valence-electron chi connectivity index (χ1n) is 7.83. The van der Waals surface area contributed by atoms with Crippen molar-refractivity contribution in [3.05, 3.63) is 23.8 Å². The average molecular weight is 293 g/mol. The van der Waals surface area contributed by atoms with Crippen molar-refractivity contribution in [2.24, 2.45) is 0 Å². The Hall–Kier alpha value is -1.26. The molecule has 1 aliphatic rings. The van der Waals surface area contributed by atoms with Crippen LogP contribution in [0.4, 0.5) is 0 Å². The number of nitrogens with zero attached hydrogens (tertiary/aromatic N) is 1. The van der Waals surface area contributed by atoms with Crippen molar-refractivity contribution >= 4 is 0 Å². The summed E-state index contributed by atoms with van der Waals surface area (Å²) in [6.07, 6.45) is 4.38. The number of rotatable bonds is 6. The number of aliphatic hydroxyl groups excluding tert-OH is 1. The van der Waals surface area contributed by atoms with E-state index in [0.717, 1.165) is 24.3 Å². The van der Waals surface area contributed by atoms with E-state index in [1.165, 1.54) is 19.3 Å². The zero-order chi connectivity index (χ0) is 15.2. The summed E-state index contributed by atoms with van der Waals surface area (Å²) in [4.78, 5) is 2.41. The molecule has 0 saturated carbocycles. The van der Waals surface area contributed by atoms with Crippen molar-refractivity contribution in [2.45, 2.75) is 44.8 Å². The van der Waals surface area contributed by atoms with Crippen LogP contribution in [0.25, 0.3) is 0 Å². The Balaban J connectivity index is 2.10. The Labute approximate surface area is 127 Å². The van der Waals surface area contributed by atoms with E-state index in [1.807, 2.05) is 18.2 Å². The van der Waals surface area contributed by atoms with E-state index in [4.69, 9.17) is 9.47 Å². The van der Waals surface area contributed by atoms with Crippen LogP contribution in [0.2, 0.25) is 0 Å². The molecule has 1 fully saturated rings. The first-order chi connectivity index (χ1) is 10.2. The molecule has 2 rings (SSSR count). The van der Waals surface area contributed by atoms with E-state index >= 15 is 0 Å². The lowest BCUT2D eigenvalue weighted by molar-refractivity contribution is 0.0643. The van der Waals surface area contributed by atoms with Crippen molar-refractivity contribution in [1.29, 1.82) is 0 Å². The van der Waals surface area contributed by atoms with E-state index in [0.29, 0.717) is 18.3 Å². The van der Waals surface area contributed by atoms with Gasteiger partial charge < -0.3 is 14.6 Å². The quantitative estimate of drug-likeness (QED) is 0.875. The number of piperidine rings is 1. The molecule has 1 saturated heterocycles. The van der Waals surface area contributed by atoms with Gasteiger partial charge in [-0.15, -0.1) is 0 Å². The molecule has 0 aliphatic carbocycles. The van der Waals surface area contributed by atoms with E-state index in [-0.39, 0.29) is 0 Å². The molecule has 2 atom stereocenters. The standard InChI is InChI=1S/C17H27NO3/c1-4-13-7-5-6-10-18(13)12-16(19)15-9-8-14(20-2)11-17(15)21-3/h8-9,11,13,16,19H,4-7,10,12H2,1-3H3. The van der Waals surface area contributed by atoms with E-state index in [2.05, 4.69) is 11.8 Å². The molecule has 0 spiro atoms. The Bertz CT molecular complexity index is 450. The van der Waals surface area contributed by atoms with Crippen LogP contribution in [-0.2, 0) is 0 Å². The van der Waals surface area contributed by atoms with Crippen molar-refractivity contribution in [3.8, 4) is 11.5 Å². The third-order valence-corrected chi connectivity index (χ3v) is 4.43. The summed E-state index contributed by atoms with van der Waals surface area (Å²) in [6.45, 7) is 3.97. The minimum Gasteiger partial charge on any atom is -0.497 e. The average Bonchev–Trinajstić information content (AvgIpc) is 2.54. The number of aliphatic hydroxyl groups is 1. The molecule has 0 amide bonds. The first kappa shape index (κ1) is 16.1. The van der Waals surface area contributed by atoms with Gasteiger partial charge in [0.05, 0.1) is 20.3 Å². The number of benzene rings is 1. The molecule has 1 aromatic rings. The lowest BCUT2D eigenvalue weighted by atomic mass is 9.98. The fourth-order valence-corrected chi connectivity index (χ4v) is 3.18. The molecule has 0 radical (unpaired) electrons. The number of β-amino-alcohol motifs (C(OH)–C–C–N with tert-alkyl or cyclic N) is 1. The highest BCUT2D eigenvalue weighted by atomic mass is 16.5. The molecule has 0 aromatic heterocycles. The fraction of sp³-hybridized carbons (Fsp3) is 0.647. The maximum Gasteiger partial charge on any atom is 0.128 e. The lowest BCUT2D eigenvalue weighted by Crippen LogP contribution is -2.41. The van der Waals surface area contributed by atoms with Crippen LogP contribution in [0.1, 0.15) is 44.3 Å². The van der Waals surface area contributed by atoms with Crippen molar-refractivity contribution in [3.63, 3.8) is 0 Å². The summed E-state index contributed by atoms with van der Waals surface area (Å²) in [7, 11) is 3.26. The zero-order valence-electron chi connectivity index (χ0n) is 13.3. The Morgan fingerprint density at radius 2 is 2.10 bits per heavy atom. The van der Waals surface area contributed by atoms with Gasteiger partial charge in [0.2, 0.25) is 0 Å². The van der Waals surface area contributed by atoms with Crippen LogP contribution in [-0.4, -0.2) is 43.4 Å². The fourth-order valence-electron chi connectivity index (χ4n) is 3.18. The molecule has 2 unspecified atom stereocenters. The summed E-state index contributed by atoms with van der Waals surface area (Å²) >= 11 is 0. The topological polar surface area (TPSA) is 41.9 Å². The maximum absolute atomic E-state index is 10.6. The minimum absolute atomic E-state index is 0.530. The lowest BCUT2D eigenvalue weighted by Gasteiger charge is -2.36. The molecule has 1 aromatic carbocycles. The van der Waals surface area contributed by atoms with Crippen molar-refractivity contribution in [2.75, 3.05) is 27.3 Å². The summed E-state index contributed by atoms with van der Waals surface area (Å²) in [6, 6.07) is 6.19. The zero-order valence-corrected chi connectivity index (χ0v) is 13.3. The highest BCUT2D eigenvalue weighted by Gasteiger charge is 2.24. The summed E-state index contributed by atoms with van der Waals surface area (Å²) in [5, 5.41) is 10.6. The maximum atomic E-state index is 10.6. The minimum atomic E-state index is -0.530. The van der Waals surface area contributed by atoms with Crippen LogP contribution in [0.15, 0.2) is 18.2 Å². The van der Waals surface area contributed by atoms with Gasteiger partial charge in [0.1, 0.15) is 11.5 Å². The normalized spacial score (nSPS) is 21.0. The molecule has 4 nitrogen and oxygen atoms in total. The summed E-state index contributed by atoms with van der Waals surface area (Å²) < 4.78 is 10.6. The van der Waals surface area contributed by atoms with Gasteiger partial charge in [0, 0.05) is 24.2 Å². The third-order valence-electron chi connectivity index (χ3n) is 4.43. The number of hydrogen-bond acceptors (Lipinski definition) is 4. The van der Waals surface area contributed by atoms with E-state index < -0.39 is 6.10 Å². The molecule has 4 heteroatoms. The Morgan fingerprint density at radius 1 is 1.29 bits per heavy atom. The second-order valence-electron chi connectivity index (χ2n) is 5.68. The van der Waals surface area contributed by atoms with Gasteiger partial charge in [0.25, 0.3) is 0 Å². The predicted molar refractivity (Wildman–Crippen MR) is 84.0 cm³/mol. The second kappa shape index (κ2) is 7.66. The van der Waals surface area contributed by atoms with Crippen LogP contribution in [0.3, 0.4) is 0 Å². The van der Waals surface area contributed by atoms with Crippen molar-refractivity contribution < 1.29 is 14.6 Å². The Kier molecular flexibility index (Phi) is 5.88. The van der Waals surface area contributed by atoms with Gasteiger partial charge >= 0.3 is 0 Å². The third kappa shape index (κ3) is 3.89. The van der Waals surface area contributed by atoms with Crippen LogP contribution in [0.5, 0.6) is 11.5 Å². The van der Waals surface area contributed by atoms with Gasteiger partial charge in [-0.05, 0) is 37.9 Å². The van der Waals surface area contributed by atoms with Crippen LogP contribution >= 0.6 is 0 Å². The van der Waals surface area contributed by atoms with Gasteiger partial charge in [-0.25, -0.2) is 0 Å². The molecular formula is C17H27NO3. The molecule has 1 N–H and O–H groups in total. The van der Waals surface area contributed by atoms with Crippen LogP contribution < -0.4 is 9.47 Å². The number of likely N-dealkylation sites (tertiary alicyclic amines) is 1. The van der Waals surface area contributed by atoms with E-state index in [1.54, 1.807) is 14.2 Å². The van der Waals surface area contributed by atoms with Gasteiger partial charge in [-0.1, -0.05) is 13.3 Å². The highest BCUT2D eigenvalue weighted by molar-refractivity contribution is 5.42. The molecule has 1 heterocycles. The predicted octanol–water partition coefficient (Wildman–Crippen LogP) is 3.00. The SMILES string of the molecule is CCC1CCCCN1CC(O)c1ccc(OC)cc1OC. The van der Waals surface area contributed by atoms with Gasteiger partial charge in [-0.2, -0.15) is 0 Å². The molecule has 21 heavy (non-hydrogen) atoms. The molecule has 118 valence electrons.